The lowest BCUT2D eigenvalue weighted by atomic mass is 10.0. The van der Waals surface area contributed by atoms with Crippen molar-refractivity contribution in [2.75, 3.05) is 0 Å². The van der Waals surface area contributed by atoms with Crippen LogP contribution in [0, 0.1) is 0 Å². The van der Waals surface area contributed by atoms with Crippen LogP contribution in [0.2, 0.25) is 19.1 Å². The van der Waals surface area contributed by atoms with Crippen molar-refractivity contribution in [2.45, 2.75) is 32.0 Å². The summed E-state index contributed by atoms with van der Waals surface area (Å²) < 4.78 is 5.92. The van der Waals surface area contributed by atoms with E-state index in [0.29, 0.717) is 15.7 Å². The fraction of sp³-hybridized carbons (Fsp3) is 0.385. The van der Waals surface area contributed by atoms with E-state index in [4.69, 9.17) is 4.12 Å². The van der Waals surface area contributed by atoms with Crippen molar-refractivity contribution in [1.29, 1.82) is 0 Å². The Bertz CT molecular complexity index is 322. The van der Waals surface area contributed by atoms with Crippen LogP contribution in [0.3, 0.4) is 0 Å². The quantitative estimate of drug-likeness (QED) is 0.696. The smallest absolute Gasteiger partial charge is 0.247 e. The highest BCUT2D eigenvalue weighted by Gasteiger charge is 2.25. The second-order valence-corrected chi connectivity index (χ2v) is 10.1. The summed E-state index contributed by atoms with van der Waals surface area (Å²) in [5, 5.41) is 0. The van der Waals surface area contributed by atoms with Gasteiger partial charge in [0.15, 0.2) is 8.32 Å². The second-order valence-electron chi connectivity index (χ2n) is 4.70. The lowest BCUT2D eigenvalue weighted by Gasteiger charge is -2.26. The Hall–Kier alpha value is -0.646. The van der Waals surface area contributed by atoms with Crippen molar-refractivity contribution in [1.82, 2.24) is 0 Å². The van der Waals surface area contributed by atoms with Gasteiger partial charge < -0.3 is 4.12 Å². The van der Waals surface area contributed by atoms with Crippen molar-refractivity contribution < 1.29 is 4.12 Å². The van der Waals surface area contributed by atoms with Crippen LogP contribution in [-0.2, 0) is 4.12 Å². The van der Waals surface area contributed by atoms with Gasteiger partial charge in [0, 0.05) is 0 Å². The second kappa shape index (κ2) is 6.18. The van der Waals surface area contributed by atoms with E-state index in [1.807, 2.05) is 5.70 Å². The highest BCUT2D eigenvalue weighted by molar-refractivity contribution is 6.75. The van der Waals surface area contributed by atoms with Gasteiger partial charge in [-0.25, -0.2) is 0 Å². The molecule has 16 heavy (non-hydrogen) atoms. The van der Waals surface area contributed by atoms with Crippen LogP contribution in [-0.4, -0.2) is 18.1 Å². The normalized spacial score (nSPS) is 13.4. The van der Waals surface area contributed by atoms with E-state index in [1.165, 1.54) is 5.56 Å². The molecule has 0 aromatic heterocycles. The number of benzene rings is 1. The summed E-state index contributed by atoms with van der Waals surface area (Å²) in [5.74, 6) is 0.581. The average Bonchev–Trinajstić information content (AvgIpc) is 2.27. The molecule has 1 rings (SSSR count). The molecule has 0 N–H and O–H groups in total. The molecule has 0 aliphatic rings. The van der Waals surface area contributed by atoms with Gasteiger partial charge in [-0.1, -0.05) is 43.0 Å². The maximum atomic E-state index is 5.92. The van der Waals surface area contributed by atoms with Gasteiger partial charge in [0.25, 0.3) is 0 Å². The third-order valence-electron chi connectivity index (χ3n) is 2.58. The summed E-state index contributed by atoms with van der Waals surface area (Å²) in [6.45, 7) is 10.6. The Morgan fingerprint density at radius 2 is 2.00 bits per heavy atom. The van der Waals surface area contributed by atoms with E-state index in [0.717, 1.165) is 6.04 Å². The molecule has 1 nitrogen and oxygen atoms in total. The first-order valence-electron chi connectivity index (χ1n) is 5.64. The molecule has 1 aromatic rings. The lowest BCUT2D eigenvalue weighted by Crippen LogP contribution is -2.33. The van der Waals surface area contributed by atoms with Crippen LogP contribution in [0.15, 0.2) is 42.6 Å². The molecule has 0 aliphatic heterocycles. The standard InChI is InChI=1S/C13H20OSi2/c1-5-15-14-16(3,4)11-12(2)13-9-7-6-8-10-13/h5-10,12H,1,11H2,2-4H3. The van der Waals surface area contributed by atoms with Crippen molar-refractivity contribution in [3.8, 4) is 0 Å². The number of hydrogen-bond acceptors (Lipinski definition) is 1. The van der Waals surface area contributed by atoms with E-state index in [2.05, 4.69) is 56.9 Å². The van der Waals surface area contributed by atoms with Gasteiger partial charge in [-0.15, -0.1) is 6.58 Å². The molecule has 86 valence electrons. The van der Waals surface area contributed by atoms with Gasteiger partial charge in [-0.2, -0.15) is 0 Å². The molecule has 1 unspecified atom stereocenters. The molecule has 3 heteroatoms. The Morgan fingerprint density at radius 1 is 1.38 bits per heavy atom. The lowest BCUT2D eigenvalue weighted by molar-refractivity contribution is 0.582. The van der Waals surface area contributed by atoms with Gasteiger partial charge in [-0.05, 0) is 30.6 Å². The Morgan fingerprint density at radius 3 is 2.56 bits per heavy atom. The molecule has 0 spiro atoms. The van der Waals surface area contributed by atoms with E-state index < -0.39 is 8.32 Å². The van der Waals surface area contributed by atoms with Crippen molar-refractivity contribution in [3.63, 3.8) is 0 Å². The molecular weight excluding hydrogens is 228 g/mol. The number of hydrogen-bond donors (Lipinski definition) is 0. The van der Waals surface area contributed by atoms with E-state index in [9.17, 15) is 0 Å². The van der Waals surface area contributed by atoms with Crippen LogP contribution in [0.1, 0.15) is 18.4 Å². The van der Waals surface area contributed by atoms with E-state index in [-0.39, 0.29) is 0 Å². The SMILES string of the molecule is C=C[Si]O[Si](C)(C)CC(C)c1ccccc1. The predicted molar refractivity (Wildman–Crippen MR) is 74.2 cm³/mol. The first kappa shape index (κ1) is 13.4. The van der Waals surface area contributed by atoms with Crippen LogP contribution >= 0.6 is 0 Å². The minimum Gasteiger partial charge on any atom is -0.453 e. The Balaban J connectivity index is 2.56. The van der Waals surface area contributed by atoms with Crippen LogP contribution in [0.5, 0.6) is 0 Å². The number of rotatable bonds is 6. The molecule has 0 heterocycles. The highest BCUT2D eigenvalue weighted by atomic mass is 28.4. The summed E-state index contributed by atoms with van der Waals surface area (Å²) in [6.07, 6.45) is 0. The highest BCUT2D eigenvalue weighted by Crippen LogP contribution is 2.26. The van der Waals surface area contributed by atoms with E-state index >= 15 is 0 Å². The van der Waals surface area contributed by atoms with E-state index in [1.54, 1.807) is 0 Å². The molecule has 2 radical (unpaired) electrons. The Labute approximate surface area is 103 Å². The van der Waals surface area contributed by atoms with Crippen molar-refractivity contribution >= 4 is 18.1 Å². The van der Waals surface area contributed by atoms with Gasteiger partial charge in [0.1, 0.15) is 0 Å². The maximum absolute atomic E-state index is 5.92. The molecule has 1 aromatic carbocycles. The molecule has 0 fully saturated rings. The summed E-state index contributed by atoms with van der Waals surface area (Å²) in [6, 6.07) is 11.8. The molecular formula is C13H20OSi2. The average molecular weight is 248 g/mol. The predicted octanol–water partition coefficient (Wildman–Crippen LogP) is 3.77. The first-order valence-corrected chi connectivity index (χ1v) is 9.74. The third-order valence-corrected chi connectivity index (χ3v) is 7.03. The van der Waals surface area contributed by atoms with Gasteiger partial charge in [-0.3, -0.25) is 0 Å². The molecule has 0 saturated carbocycles. The summed E-state index contributed by atoms with van der Waals surface area (Å²) in [5.41, 5.74) is 3.27. The third kappa shape index (κ3) is 4.47. The largest absolute Gasteiger partial charge is 0.453 e. The van der Waals surface area contributed by atoms with Crippen LogP contribution in [0.25, 0.3) is 0 Å². The monoisotopic (exact) mass is 248 g/mol. The molecule has 0 saturated heterocycles. The summed E-state index contributed by atoms with van der Waals surface area (Å²) in [4.78, 5) is 0. The minimum atomic E-state index is -1.53. The first-order chi connectivity index (χ1) is 7.55. The van der Waals surface area contributed by atoms with Crippen LogP contribution < -0.4 is 0 Å². The summed E-state index contributed by atoms with van der Waals surface area (Å²) >= 11 is 0. The van der Waals surface area contributed by atoms with Gasteiger partial charge in [0.2, 0.25) is 9.76 Å². The van der Waals surface area contributed by atoms with Crippen molar-refractivity contribution in [3.05, 3.63) is 48.2 Å². The fourth-order valence-corrected chi connectivity index (χ4v) is 5.53. The zero-order valence-corrected chi connectivity index (χ0v) is 12.4. The summed E-state index contributed by atoms with van der Waals surface area (Å²) in [7, 11) is -1.08. The maximum Gasteiger partial charge on any atom is 0.247 e. The minimum absolute atomic E-state index is 0.449. The topological polar surface area (TPSA) is 9.23 Å². The van der Waals surface area contributed by atoms with Gasteiger partial charge in [0.05, 0.1) is 0 Å². The van der Waals surface area contributed by atoms with Gasteiger partial charge >= 0.3 is 0 Å². The Kier molecular flexibility index (Phi) is 5.18. The molecule has 0 bridgehead atoms. The molecule has 0 aliphatic carbocycles. The molecule has 1 atom stereocenters. The molecule has 0 amide bonds. The fourth-order valence-electron chi connectivity index (χ4n) is 1.88. The zero-order valence-electron chi connectivity index (χ0n) is 10.4. The van der Waals surface area contributed by atoms with Crippen molar-refractivity contribution in [2.24, 2.45) is 0 Å². The zero-order chi connectivity index (χ0) is 12.0. The van der Waals surface area contributed by atoms with Crippen LogP contribution in [0.4, 0.5) is 0 Å².